The van der Waals surface area contributed by atoms with E-state index in [0.717, 1.165) is 107 Å². The lowest BCUT2D eigenvalue weighted by Crippen LogP contribution is -3.13. The fourth-order valence-electron chi connectivity index (χ4n) is 16.8. The van der Waals surface area contributed by atoms with Gasteiger partial charge in [0.25, 0.3) is 0 Å². The Morgan fingerprint density at radius 3 is 1.15 bits per heavy atom. The van der Waals surface area contributed by atoms with E-state index in [1.54, 1.807) is 45.5 Å². The van der Waals surface area contributed by atoms with E-state index in [-0.39, 0.29) is 56.6 Å². The minimum absolute atomic E-state index is 0.0962. The van der Waals surface area contributed by atoms with Gasteiger partial charge in [0.15, 0.2) is 17.3 Å². The normalized spacial score (nSPS) is 18.0. The third-order valence-electron chi connectivity index (χ3n) is 23.3. The van der Waals surface area contributed by atoms with Crippen LogP contribution in [0.2, 0.25) is 0 Å². The van der Waals surface area contributed by atoms with Crippen LogP contribution in [0.3, 0.4) is 0 Å². The number of Topliss-reactive ketones (excluding diaryl/α,β-unsaturated/α-hetero) is 3. The first-order valence-corrected chi connectivity index (χ1v) is 45.8. The molecule has 0 radical (unpaired) electrons. The lowest BCUT2D eigenvalue weighted by Gasteiger charge is -2.23. The number of hydrogen-bond donors (Lipinski definition) is 4. The molecular formula is C106H111ClN3O7S3+3. The number of nitrogens with one attached hydrogen (secondary N) is 3. The molecule has 0 saturated carbocycles. The minimum Gasteiger partial charge on any atom is -0.508 e. The van der Waals surface area contributed by atoms with Crippen molar-refractivity contribution in [1.82, 2.24) is 0 Å². The van der Waals surface area contributed by atoms with Crippen LogP contribution in [-0.4, -0.2) is 108 Å². The summed E-state index contributed by atoms with van der Waals surface area (Å²) in [6.07, 6.45) is 8.84. The van der Waals surface area contributed by atoms with Gasteiger partial charge in [-0.1, -0.05) is 211 Å². The summed E-state index contributed by atoms with van der Waals surface area (Å²) in [5, 5.41) is 9.96. The number of thioether (sulfide) groups is 3. The highest BCUT2D eigenvalue weighted by Gasteiger charge is 2.42. The van der Waals surface area contributed by atoms with Gasteiger partial charge in [-0.2, -0.15) is 0 Å². The molecule has 4 N–H and O–H groups in total. The Morgan fingerprint density at radius 1 is 0.375 bits per heavy atom. The molecule has 0 spiro atoms. The number of ether oxygens (including phenoxy) is 3. The quantitative estimate of drug-likeness (QED) is 0.0238. The predicted molar refractivity (Wildman–Crippen MR) is 494 cm³/mol. The fraction of sp³-hybridized carbons (Fsp3) is 0.274. The maximum Gasteiger partial charge on any atom is 0.171 e. The number of aryl methyl sites for hydroxylation is 3. The third-order valence-corrected chi connectivity index (χ3v) is 27.8. The van der Waals surface area contributed by atoms with E-state index in [0.29, 0.717) is 12.5 Å². The van der Waals surface area contributed by atoms with Crippen molar-refractivity contribution in [3.63, 3.8) is 0 Å². The zero-order valence-corrected chi connectivity index (χ0v) is 72.8. The van der Waals surface area contributed by atoms with E-state index in [1.165, 1.54) is 129 Å². The highest BCUT2D eigenvalue weighted by molar-refractivity contribution is 8.00. The molecule has 120 heavy (non-hydrogen) atoms. The minimum atomic E-state index is -0.178. The van der Waals surface area contributed by atoms with Crippen LogP contribution in [0.5, 0.6) is 23.0 Å². The highest BCUT2D eigenvalue weighted by atomic mass is 35.5. The van der Waals surface area contributed by atoms with E-state index in [2.05, 4.69) is 180 Å². The van der Waals surface area contributed by atoms with E-state index in [1.807, 2.05) is 157 Å². The number of likely N-dealkylation sites (N-methyl/N-ethyl adjacent to an activating group) is 1. The van der Waals surface area contributed by atoms with E-state index < -0.39 is 0 Å². The van der Waals surface area contributed by atoms with Crippen molar-refractivity contribution in [3.05, 3.63) is 387 Å². The number of likely N-dealkylation sites (tertiary alicyclic amines) is 2. The number of hydrogen-bond acceptors (Lipinski definition) is 10. The maximum absolute atomic E-state index is 13.8. The summed E-state index contributed by atoms with van der Waals surface area (Å²) in [5.74, 6) is 3.32. The van der Waals surface area contributed by atoms with Gasteiger partial charge in [0.1, 0.15) is 62.5 Å². The summed E-state index contributed by atoms with van der Waals surface area (Å²) in [7, 11) is 4.21. The summed E-state index contributed by atoms with van der Waals surface area (Å²) in [6.45, 7) is 16.5. The van der Waals surface area contributed by atoms with Crippen LogP contribution in [0.1, 0.15) is 176 Å². The Kier molecular flexibility index (Phi) is 30.8. The Balaban J connectivity index is 0.000000132. The second kappa shape index (κ2) is 42.8. The molecule has 2 saturated heterocycles. The van der Waals surface area contributed by atoms with Crippen molar-refractivity contribution in [2.75, 3.05) is 85.6 Å². The number of quaternary nitrogens is 3. The van der Waals surface area contributed by atoms with Crippen LogP contribution in [0, 0.1) is 20.8 Å². The number of fused-ring (bicyclic) bond motifs is 3. The topological polar surface area (TPSA) is 112 Å². The molecule has 0 aliphatic carbocycles. The molecule has 0 aromatic heterocycles. The standard InChI is InChI=1S/2C29H31NO2S.C25H25NO2S.C23H21ClO/c1-21-9-11-23(12-10-21)29-27(25-7-3-4-8-26(25)33-29)28(31)22-13-15-24(16-14-22)32-20-19-30-17-5-2-6-18-30;1-21-10-15-25-26(20-21)33-29(23-8-4-2-5-9-23)27(25)28(31)22-11-13-24(14-12-22)32-19-18-30-16-6-3-7-17-30;1-26(2)16-17-28-20-14-12-18(13-15-20)24(27)23-21-10-6-7-11-22(21)29-25(23)19-8-4-3-5-9-19;1-17-7-9-19(10-8-17)23(20-11-13-21(25)14-12-20)22(15-16-24)18-5-3-2-4-6-18/h3-4,7-16,27,29H,2,5-6,17-20H2,1H3;2,4-5,8-15,20,27,29H,3,6-7,16-19H2,1H3;3-15,23,25H,16-17H2,1-2H3;2-14,25H,15-16H2,1H3/p+3/b;;;23-22+. The van der Waals surface area contributed by atoms with Crippen LogP contribution >= 0.6 is 46.9 Å². The summed E-state index contributed by atoms with van der Waals surface area (Å²) < 4.78 is 17.8. The Morgan fingerprint density at radius 2 is 0.725 bits per heavy atom. The summed E-state index contributed by atoms with van der Waals surface area (Å²) in [4.78, 5) is 49.3. The van der Waals surface area contributed by atoms with Gasteiger partial charge in [-0.25, -0.2) is 0 Å². The Labute approximate surface area is 727 Å². The van der Waals surface area contributed by atoms with Gasteiger partial charge >= 0.3 is 0 Å². The van der Waals surface area contributed by atoms with Crippen LogP contribution in [0.4, 0.5) is 0 Å². The zero-order valence-electron chi connectivity index (χ0n) is 69.6. The molecule has 0 amide bonds. The summed E-state index contributed by atoms with van der Waals surface area (Å²) >= 11 is 11.6. The largest absolute Gasteiger partial charge is 0.508 e. The van der Waals surface area contributed by atoms with E-state index in [4.69, 9.17) is 25.8 Å². The van der Waals surface area contributed by atoms with Gasteiger partial charge in [0, 0.05) is 53.0 Å². The molecule has 614 valence electrons. The molecule has 12 aromatic rings. The van der Waals surface area contributed by atoms with E-state index >= 15 is 0 Å². The Bertz CT molecular complexity index is 5290. The van der Waals surface area contributed by atoms with Crippen molar-refractivity contribution in [2.45, 2.75) is 114 Å². The van der Waals surface area contributed by atoms with Crippen molar-refractivity contribution in [2.24, 2.45) is 0 Å². The van der Waals surface area contributed by atoms with E-state index in [9.17, 15) is 19.5 Å². The average Bonchev–Trinajstić information content (AvgIpc) is 1.62. The molecule has 17 rings (SSSR count). The summed E-state index contributed by atoms with van der Waals surface area (Å²) in [5.41, 5.74) is 18.7. The van der Waals surface area contributed by atoms with Crippen LogP contribution in [0.25, 0.3) is 11.1 Å². The average molecular weight is 1670 g/mol. The number of carbonyl (C=O) groups excluding carboxylic acids is 3. The second-order valence-electron chi connectivity index (χ2n) is 32.3. The number of halogens is 1. The van der Waals surface area contributed by atoms with Gasteiger partial charge in [-0.3, -0.25) is 14.4 Å². The first-order valence-electron chi connectivity index (χ1n) is 42.6. The van der Waals surface area contributed by atoms with Crippen molar-refractivity contribution in [1.29, 1.82) is 0 Å². The number of carbonyl (C=O) groups is 3. The molecule has 5 aliphatic heterocycles. The van der Waals surface area contributed by atoms with Crippen LogP contribution in [-0.2, 0) is 0 Å². The maximum atomic E-state index is 13.8. The first kappa shape index (κ1) is 86.2. The van der Waals surface area contributed by atoms with Gasteiger partial charge in [-0.05, 0) is 236 Å². The van der Waals surface area contributed by atoms with Crippen LogP contribution < -0.4 is 28.9 Å². The number of ketones is 3. The Hall–Kier alpha value is -10.2. The molecular weight excluding hydrogens is 1560 g/mol. The SMILES string of the molecule is C[NH+](C)CCOc1ccc(C(=O)C2c3ccccc3SC2c2ccccc2)cc1.Cc1ccc(/C(=C(/CCCl)c2ccccc2)c2ccc(O)cc2)cc1.Cc1ccc(C2Sc3ccccc3C2C(=O)c2ccc(OCC[NH+]3CCCCC3)cc2)cc1.Cc1ccc2c(c1)SC(c1ccccc1)C2C(=O)c1ccc(OCC[NH+]2CCCCC2)cc1. The lowest BCUT2D eigenvalue weighted by molar-refractivity contribution is -0.904. The molecule has 0 bridgehead atoms. The molecule has 5 heterocycles. The number of aromatic hydroxyl groups is 1. The molecule has 5 aliphatic rings. The molecule has 10 nitrogen and oxygen atoms in total. The summed E-state index contributed by atoms with van der Waals surface area (Å²) in [6, 6.07) is 102. The number of rotatable bonds is 26. The predicted octanol–water partition coefficient (Wildman–Crippen LogP) is 20.8. The number of allylic oxidation sites excluding steroid dienone is 1. The number of phenols is 1. The lowest BCUT2D eigenvalue weighted by atomic mass is 9.85. The van der Waals surface area contributed by atoms with Gasteiger partial charge in [-0.15, -0.1) is 46.9 Å². The number of benzene rings is 12. The molecule has 2 fully saturated rings. The molecule has 14 heteroatoms. The van der Waals surface area contributed by atoms with Crippen molar-refractivity contribution in [3.8, 4) is 23.0 Å². The number of phenolic OH excluding ortho intramolecular Hbond substituents is 1. The van der Waals surface area contributed by atoms with Crippen molar-refractivity contribution >= 4 is 75.4 Å². The number of alkyl halides is 1. The third kappa shape index (κ3) is 22.5. The molecule has 6 atom stereocenters. The smallest absolute Gasteiger partial charge is 0.171 e. The molecule has 12 aromatic carbocycles. The monoisotopic (exact) mass is 1670 g/mol. The van der Waals surface area contributed by atoms with Gasteiger partial charge in [0.05, 0.1) is 58.0 Å². The fourth-order valence-corrected chi connectivity index (χ4v) is 21.4. The number of piperidine rings is 2. The molecule has 6 unspecified atom stereocenters. The van der Waals surface area contributed by atoms with Gasteiger partial charge in [0.2, 0.25) is 0 Å². The van der Waals surface area contributed by atoms with Crippen molar-refractivity contribution < 1.29 is 48.4 Å². The highest BCUT2D eigenvalue weighted by Crippen LogP contribution is 2.58. The van der Waals surface area contributed by atoms with Crippen LogP contribution in [0.15, 0.2) is 318 Å². The van der Waals surface area contributed by atoms with Gasteiger partial charge < -0.3 is 34.0 Å². The first-order chi connectivity index (χ1) is 58.7. The second-order valence-corrected chi connectivity index (χ2v) is 36.2. The zero-order chi connectivity index (χ0) is 83.1.